The van der Waals surface area contributed by atoms with Gasteiger partial charge < -0.3 is 0 Å². The lowest BCUT2D eigenvalue weighted by molar-refractivity contribution is 0.313. The van der Waals surface area contributed by atoms with E-state index in [1.54, 1.807) is 0 Å². The van der Waals surface area contributed by atoms with Crippen molar-refractivity contribution in [2.75, 3.05) is 19.6 Å². The monoisotopic (exact) mass is 168 g/mol. The molecule has 0 saturated carbocycles. The Bertz CT molecular complexity index is 126. The van der Waals surface area contributed by atoms with Crippen LogP contribution in [0.2, 0.25) is 0 Å². The molecule has 0 aromatic heterocycles. The maximum Gasteiger partial charge on any atom is 0.0865 e. The van der Waals surface area contributed by atoms with Gasteiger partial charge in [-0.2, -0.15) is 5.26 Å². The fourth-order valence-corrected chi connectivity index (χ4v) is 1.21. The van der Waals surface area contributed by atoms with Gasteiger partial charge >= 0.3 is 0 Å². The summed E-state index contributed by atoms with van der Waals surface area (Å²) in [4.78, 5) is 2.19. The molecule has 70 valence electrons. The van der Waals surface area contributed by atoms with Crippen molar-refractivity contribution in [2.45, 2.75) is 39.5 Å². The second kappa shape index (κ2) is 8.55. The molecule has 0 atom stereocenters. The zero-order chi connectivity index (χ0) is 9.23. The average Bonchev–Trinajstić information content (AvgIpc) is 2.10. The molecule has 0 aromatic rings. The zero-order valence-corrected chi connectivity index (χ0v) is 8.34. The lowest BCUT2D eigenvalue weighted by Gasteiger charge is -2.15. The highest BCUT2D eigenvalue weighted by atomic mass is 15.1. The summed E-state index contributed by atoms with van der Waals surface area (Å²) in [5.41, 5.74) is 0. The molecule has 2 heteroatoms. The van der Waals surface area contributed by atoms with Gasteiger partial charge in [0.1, 0.15) is 0 Å². The van der Waals surface area contributed by atoms with Gasteiger partial charge in [-0.05, 0) is 19.5 Å². The average molecular weight is 168 g/mol. The Morgan fingerprint density at radius 3 is 2.42 bits per heavy atom. The van der Waals surface area contributed by atoms with Crippen molar-refractivity contribution in [3.05, 3.63) is 0 Å². The van der Waals surface area contributed by atoms with Gasteiger partial charge in [0.05, 0.1) is 12.6 Å². The number of nitriles is 1. The maximum atomic E-state index is 8.48. The molecular weight excluding hydrogens is 148 g/mol. The topological polar surface area (TPSA) is 27.0 Å². The van der Waals surface area contributed by atoms with Gasteiger partial charge in [0.2, 0.25) is 0 Å². The van der Waals surface area contributed by atoms with Gasteiger partial charge in [-0.25, -0.2) is 0 Å². The predicted octanol–water partition coefficient (Wildman–Crippen LogP) is 2.41. The fourth-order valence-electron chi connectivity index (χ4n) is 1.21. The summed E-state index contributed by atoms with van der Waals surface area (Å²) < 4.78 is 0. The smallest absolute Gasteiger partial charge is 0.0865 e. The van der Waals surface area contributed by atoms with Gasteiger partial charge in [-0.15, -0.1) is 0 Å². The van der Waals surface area contributed by atoms with E-state index < -0.39 is 0 Å². The van der Waals surface area contributed by atoms with E-state index in [-0.39, 0.29) is 0 Å². The Labute approximate surface area is 76.2 Å². The van der Waals surface area contributed by atoms with E-state index in [2.05, 4.69) is 24.8 Å². The number of hydrogen-bond donors (Lipinski definition) is 0. The van der Waals surface area contributed by atoms with Crippen molar-refractivity contribution >= 4 is 0 Å². The largest absolute Gasteiger partial charge is 0.291 e. The Hall–Kier alpha value is -0.550. The molecule has 0 rings (SSSR count). The number of unbranched alkanes of at least 4 members (excludes halogenated alkanes) is 3. The summed E-state index contributed by atoms with van der Waals surface area (Å²) in [6, 6.07) is 2.19. The molecule has 0 aliphatic carbocycles. The second-order valence-corrected chi connectivity index (χ2v) is 3.09. The molecule has 0 unspecified atom stereocenters. The first-order valence-electron chi connectivity index (χ1n) is 4.94. The van der Waals surface area contributed by atoms with Gasteiger partial charge in [-0.3, -0.25) is 4.90 Å². The summed E-state index contributed by atoms with van der Waals surface area (Å²) in [5, 5.41) is 8.48. The van der Waals surface area contributed by atoms with Crippen LogP contribution in [0.25, 0.3) is 0 Å². The van der Waals surface area contributed by atoms with E-state index >= 15 is 0 Å². The van der Waals surface area contributed by atoms with E-state index in [4.69, 9.17) is 5.26 Å². The van der Waals surface area contributed by atoms with Gasteiger partial charge in [0.15, 0.2) is 0 Å². The van der Waals surface area contributed by atoms with Crippen molar-refractivity contribution in [3.63, 3.8) is 0 Å². The summed E-state index contributed by atoms with van der Waals surface area (Å²) >= 11 is 0. The van der Waals surface area contributed by atoms with Gasteiger partial charge in [-0.1, -0.05) is 33.1 Å². The van der Waals surface area contributed by atoms with Crippen molar-refractivity contribution in [3.8, 4) is 6.07 Å². The van der Waals surface area contributed by atoms with Crippen LogP contribution in [0.1, 0.15) is 39.5 Å². The van der Waals surface area contributed by atoms with Crippen LogP contribution in [0, 0.1) is 11.3 Å². The summed E-state index contributed by atoms with van der Waals surface area (Å²) in [7, 11) is 0. The normalized spacial score (nSPS) is 10.2. The summed E-state index contributed by atoms with van der Waals surface area (Å²) in [6.07, 6.45) is 5.15. The molecule has 0 aliphatic rings. The zero-order valence-electron chi connectivity index (χ0n) is 8.34. The van der Waals surface area contributed by atoms with E-state index in [1.807, 2.05) is 0 Å². The molecule has 12 heavy (non-hydrogen) atoms. The molecule has 0 saturated heterocycles. The Morgan fingerprint density at radius 2 is 1.92 bits per heavy atom. The van der Waals surface area contributed by atoms with Gasteiger partial charge in [0, 0.05) is 0 Å². The van der Waals surface area contributed by atoms with E-state index in [1.165, 1.54) is 25.7 Å². The number of nitrogens with zero attached hydrogens (tertiary/aromatic N) is 2. The Morgan fingerprint density at radius 1 is 1.17 bits per heavy atom. The number of hydrogen-bond acceptors (Lipinski definition) is 2. The molecule has 0 bridgehead atoms. The molecule has 0 aliphatic heterocycles. The van der Waals surface area contributed by atoms with Crippen LogP contribution in [0.4, 0.5) is 0 Å². The molecule has 0 amide bonds. The number of rotatable bonds is 7. The van der Waals surface area contributed by atoms with Crippen molar-refractivity contribution < 1.29 is 0 Å². The van der Waals surface area contributed by atoms with Crippen molar-refractivity contribution in [2.24, 2.45) is 0 Å². The minimum Gasteiger partial charge on any atom is -0.291 e. The lowest BCUT2D eigenvalue weighted by Crippen LogP contribution is -2.24. The minimum absolute atomic E-state index is 0.586. The standard InChI is InChI=1S/C10H20N2/c1-3-5-6-7-9-12(4-2)10-8-11/h3-7,9-10H2,1-2H3. The lowest BCUT2D eigenvalue weighted by atomic mass is 10.2. The second-order valence-electron chi connectivity index (χ2n) is 3.09. The van der Waals surface area contributed by atoms with E-state index in [9.17, 15) is 0 Å². The molecule has 2 nitrogen and oxygen atoms in total. The van der Waals surface area contributed by atoms with Crippen molar-refractivity contribution in [1.29, 1.82) is 5.26 Å². The third kappa shape index (κ3) is 6.18. The van der Waals surface area contributed by atoms with Crippen LogP contribution in [0.5, 0.6) is 0 Å². The third-order valence-corrected chi connectivity index (χ3v) is 2.07. The molecule has 0 N–H and O–H groups in total. The van der Waals surface area contributed by atoms with Crippen LogP contribution in [-0.2, 0) is 0 Å². The first kappa shape index (κ1) is 11.4. The van der Waals surface area contributed by atoms with E-state index in [0.29, 0.717) is 6.54 Å². The highest BCUT2D eigenvalue weighted by Crippen LogP contribution is 2.00. The van der Waals surface area contributed by atoms with E-state index in [0.717, 1.165) is 13.1 Å². The first-order chi connectivity index (χ1) is 5.85. The molecule has 0 fully saturated rings. The van der Waals surface area contributed by atoms with Crippen LogP contribution in [-0.4, -0.2) is 24.5 Å². The quantitative estimate of drug-likeness (QED) is 0.431. The van der Waals surface area contributed by atoms with Crippen LogP contribution < -0.4 is 0 Å². The summed E-state index contributed by atoms with van der Waals surface area (Å²) in [6.45, 7) is 7.00. The molecule has 0 heterocycles. The predicted molar refractivity (Wildman–Crippen MR) is 51.9 cm³/mol. The van der Waals surface area contributed by atoms with Crippen LogP contribution >= 0.6 is 0 Å². The summed E-state index contributed by atoms with van der Waals surface area (Å²) in [5.74, 6) is 0. The fraction of sp³-hybridized carbons (Fsp3) is 0.900. The maximum absolute atomic E-state index is 8.48. The minimum atomic E-state index is 0.586. The molecule has 0 radical (unpaired) electrons. The molecular formula is C10H20N2. The van der Waals surface area contributed by atoms with Crippen LogP contribution in [0.3, 0.4) is 0 Å². The Balaban J connectivity index is 3.26. The van der Waals surface area contributed by atoms with Crippen LogP contribution in [0.15, 0.2) is 0 Å². The third-order valence-electron chi connectivity index (χ3n) is 2.07. The molecule has 0 spiro atoms. The Kier molecular flexibility index (Phi) is 8.15. The highest BCUT2D eigenvalue weighted by Gasteiger charge is 1.99. The van der Waals surface area contributed by atoms with Crippen molar-refractivity contribution in [1.82, 2.24) is 4.90 Å². The van der Waals surface area contributed by atoms with Gasteiger partial charge in [0.25, 0.3) is 0 Å². The highest BCUT2D eigenvalue weighted by molar-refractivity contribution is 4.75. The molecule has 0 aromatic carbocycles. The first-order valence-corrected chi connectivity index (χ1v) is 4.94. The SMILES string of the molecule is CCCCCCN(CC)CC#N.